The maximum absolute atomic E-state index is 12.1. The second-order valence-corrected chi connectivity index (χ2v) is 7.50. The zero-order valence-corrected chi connectivity index (χ0v) is 16.6. The average molecular weight is 517 g/mol. The van der Waals surface area contributed by atoms with Gasteiger partial charge < -0.3 is 9.52 Å². The van der Waals surface area contributed by atoms with Gasteiger partial charge in [-0.15, -0.1) is 0 Å². The summed E-state index contributed by atoms with van der Waals surface area (Å²) >= 11 is 9.92. The molecule has 24 heavy (non-hydrogen) atoms. The van der Waals surface area contributed by atoms with Crippen molar-refractivity contribution in [2.45, 2.75) is 0 Å². The van der Waals surface area contributed by atoms with Crippen molar-refractivity contribution in [3.63, 3.8) is 0 Å². The lowest BCUT2D eigenvalue weighted by Gasteiger charge is -2.02. The van der Waals surface area contributed by atoms with Gasteiger partial charge in [-0.1, -0.05) is 31.9 Å². The standard InChI is InChI=1S/C16H9Br3N2O3/c17-10-1-2-13-8(3-10)5-14(24-13)16(23)21-20-7-9-4-11(18)6-12(19)15(9)22/h1-7,22H,(H,21,23)/b20-7+. The third-order valence-electron chi connectivity index (χ3n) is 3.13. The van der Waals surface area contributed by atoms with E-state index in [2.05, 4.69) is 58.3 Å². The zero-order valence-electron chi connectivity index (χ0n) is 11.9. The van der Waals surface area contributed by atoms with Crippen LogP contribution in [0, 0.1) is 0 Å². The predicted molar refractivity (Wildman–Crippen MR) is 102 cm³/mol. The maximum Gasteiger partial charge on any atom is 0.307 e. The molecule has 2 N–H and O–H groups in total. The number of carbonyl (C=O) groups is 1. The van der Waals surface area contributed by atoms with Crippen molar-refractivity contribution in [3.05, 3.63) is 61.1 Å². The molecule has 0 radical (unpaired) electrons. The SMILES string of the molecule is O=C(N/N=C/c1cc(Br)cc(Br)c1O)c1cc2cc(Br)ccc2o1. The van der Waals surface area contributed by atoms with E-state index in [9.17, 15) is 9.90 Å². The van der Waals surface area contributed by atoms with Crippen molar-refractivity contribution < 1.29 is 14.3 Å². The Morgan fingerprint density at radius 2 is 1.92 bits per heavy atom. The molecule has 122 valence electrons. The molecule has 0 fully saturated rings. The molecule has 0 saturated carbocycles. The van der Waals surface area contributed by atoms with Crippen LogP contribution >= 0.6 is 47.8 Å². The van der Waals surface area contributed by atoms with Crippen LogP contribution < -0.4 is 5.43 Å². The molecule has 0 aliphatic carbocycles. The fourth-order valence-electron chi connectivity index (χ4n) is 2.03. The van der Waals surface area contributed by atoms with Crippen LogP contribution in [0.3, 0.4) is 0 Å². The number of aromatic hydroxyl groups is 1. The third kappa shape index (κ3) is 3.71. The molecule has 3 aromatic rings. The predicted octanol–water partition coefficient (Wildman–Crippen LogP) is 5.19. The molecule has 3 rings (SSSR count). The number of fused-ring (bicyclic) bond motifs is 1. The number of carbonyl (C=O) groups excluding carboxylic acids is 1. The van der Waals surface area contributed by atoms with E-state index in [1.54, 1.807) is 24.3 Å². The number of hydrogen-bond acceptors (Lipinski definition) is 4. The summed E-state index contributed by atoms with van der Waals surface area (Å²) in [5.74, 6) is -0.295. The number of hydrogen-bond donors (Lipinski definition) is 2. The van der Waals surface area contributed by atoms with Gasteiger partial charge in [0, 0.05) is 19.9 Å². The lowest BCUT2D eigenvalue weighted by atomic mass is 10.2. The van der Waals surface area contributed by atoms with Crippen LogP contribution in [0.1, 0.15) is 16.1 Å². The third-order valence-corrected chi connectivity index (χ3v) is 4.69. The Morgan fingerprint density at radius 1 is 1.12 bits per heavy atom. The van der Waals surface area contributed by atoms with Gasteiger partial charge in [-0.05, 0) is 52.3 Å². The first-order valence-corrected chi connectivity index (χ1v) is 9.02. The minimum Gasteiger partial charge on any atom is -0.506 e. The normalized spacial score (nSPS) is 11.3. The molecule has 1 aromatic heterocycles. The molecule has 1 heterocycles. The van der Waals surface area contributed by atoms with E-state index in [-0.39, 0.29) is 11.5 Å². The minimum atomic E-state index is -0.480. The molecule has 0 aliphatic rings. The van der Waals surface area contributed by atoms with Crippen molar-refractivity contribution in [1.82, 2.24) is 5.43 Å². The van der Waals surface area contributed by atoms with Gasteiger partial charge in [-0.3, -0.25) is 4.79 Å². The number of hydrazone groups is 1. The monoisotopic (exact) mass is 514 g/mol. The van der Waals surface area contributed by atoms with Crippen molar-refractivity contribution in [2.75, 3.05) is 0 Å². The van der Waals surface area contributed by atoms with Crippen molar-refractivity contribution >= 4 is 70.9 Å². The lowest BCUT2D eigenvalue weighted by molar-refractivity contribution is 0.0929. The number of halogens is 3. The van der Waals surface area contributed by atoms with Gasteiger partial charge in [0.25, 0.3) is 0 Å². The Labute approximate surface area is 162 Å². The Kier molecular flexibility index (Phi) is 5.07. The first-order chi connectivity index (χ1) is 11.4. The van der Waals surface area contributed by atoms with Gasteiger partial charge in [0.2, 0.25) is 0 Å². The Bertz CT molecular complexity index is 967. The van der Waals surface area contributed by atoms with Gasteiger partial charge in [0.05, 0.1) is 10.7 Å². The quantitative estimate of drug-likeness (QED) is 0.371. The first-order valence-electron chi connectivity index (χ1n) is 6.64. The summed E-state index contributed by atoms with van der Waals surface area (Å²) in [4.78, 5) is 12.1. The Morgan fingerprint density at radius 3 is 2.71 bits per heavy atom. The van der Waals surface area contributed by atoms with Gasteiger partial charge in [0.15, 0.2) is 5.76 Å². The highest BCUT2D eigenvalue weighted by Crippen LogP contribution is 2.30. The number of rotatable bonds is 3. The van der Waals surface area contributed by atoms with Crippen molar-refractivity contribution in [1.29, 1.82) is 0 Å². The van der Waals surface area contributed by atoms with E-state index < -0.39 is 5.91 Å². The molecule has 5 nitrogen and oxygen atoms in total. The fourth-order valence-corrected chi connectivity index (χ4v) is 3.66. The van der Waals surface area contributed by atoms with E-state index in [1.165, 1.54) is 6.21 Å². The number of amides is 1. The molecular formula is C16H9Br3N2O3. The second-order valence-electron chi connectivity index (χ2n) is 4.82. The summed E-state index contributed by atoms with van der Waals surface area (Å²) in [6.45, 7) is 0. The molecule has 8 heteroatoms. The van der Waals surface area contributed by atoms with E-state index in [1.807, 2.05) is 12.1 Å². The fraction of sp³-hybridized carbons (Fsp3) is 0. The van der Waals surface area contributed by atoms with Gasteiger partial charge in [0.1, 0.15) is 11.3 Å². The molecule has 2 aromatic carbocycles. The topological polar surface area (TPSA) is 74.8 Å². The van der Waals surface area contributed by atoms with Crippen LogP contribution in [0.15, 0.2) is 59.3 Å². The van der Waals surface area contributed by atoms with Crippen LogP contribution in [0.25, 0.3) is 11.0 Å². The maximum atomic E-state index is 12.1. The van der Waals surface area contributed by atoms with Gasteiger partial charge >= 0.3 is 5.91 Å². The molecule has 0 spiro atoms. The number of nitrogens with zero attached hydrogens (tertiary/aromatic N) is 1. The largest absolute Gasteiger partial charge is 0.506 e. The summed E-state index contributed by atoms with van der Waals surface area (Å²) in [6, 6.07) is 10.5. The molecule has 0 bridgehead atoms. The van der Waals surface area contributed by atoms with Crippen molar-refractivity contribution in [2.24, 2.45) is 5.10 Å². The highest BCUT2D eigenvalue weighted by molar-refractivity contribution is 9.11. The molecule has 1 amide bonds. The average Bonchev–Trinajstić information content (AvgIpc) is 2.95. The number of benzene rings is 2. The van der Waals surface area contributed by atoms with E-state index in [0.717, 1.165) is 14.3 Å². The Balaban J connectivity index is 1.77. The Hall–Kier alpha value is -1.64. The molecule has 0 aliphatic heterocycles. The highest BCUT2D eigenvalue weighted by atomic mass is 79.9. The molecular weight excluding hydrogens is 508 g/mol. The second kappa shape index (κ2) is 7.08. The van der Waals surface area contributed by atoms with Gasteiger partial charge in [-0.2, -0.15) is 5.10 Å². The summed E-state index contributed by atoms with van der Waals surface area (Å²) in [5.41, 5.74) is 3.43. The molecule has 0 atom stereocenters. The van der Waals surface area contributed by atoms with Crippen LogP contribution in [-0.2, 0) is 0 Å². The molecule has 0 unspecified atom stereocenters. The van der Waals surface area contributed by atoms with E-state index in [0.29, 0.717) is 15.6 Å². The number of nitrogens with one attached hydrogen (secondary N) is 1. The van der Waals surface area contributed by atoms with Crippen LogP contribution in [0.2, 0.25) is 0 Å². The highest BCUT2D eigenvalue weighted by Gasteiger charge is 2.12. The van der Waals surface area contributed by atoms with E-state index in [4.69, 9.17) is 4.42 Å². The number of furan rings is 1. The molecule has 0 saturated heterocycles. The number of phenolic OH excluding ortho intramolecular Hbond substituents is 1. The summed E-state index contributed by atoms with van der Waals surface area (Å²) < 4.78 is 7.67. The van der Waals surface area contributed by atoms with Crippen LogP contribution in [-0.4, -0.2) is 17.2 Å². The zero-order chi connectivity index (χ0) is 17.3. The van der Waals surface area contributed by atoms with Crippen molar-refractivity contribution in [3.8, 4) is 5.75 Å². The summed E-state index contributed by atoms with van der Waals surface area (Å²) in [7, 11) is 0. The first kappa shape index (κ1) is 17.2. The number of phenols is 1. The smallest absolute Gasteiger partial charge is 0.307 e. The van der Waals surface area contributed by atoms with Crippen LogP contribution in [0.5, 0.6) is 5.75 Å². The minimum absolute atomic E-state index is 0.0322. The summed E-state index contributed by atoms with van der Waals surface area (Å²) in [6.07, 6.45) is 1.35. The summed E-state index contributed by atoms with van der Waals surface area (Å²) in [5, 5.41) is 14.6. The van der Waals surface area contributed by atoms with E-state index >= 15 is 0 Å². The van der Waals surface area contributed by atoms with Gasteiger partial charge in [-0.25, -0.2) is 5.43 Å². The van der Waals surface area contributed by atoms with Crippen LogP contribution in [0.4, 0.5) is 0 Å². The lowest BCUT2D eigenvalue weighted by Crippen LogP contribution is -2.16.